The lowest BCUT2D eigenvalue weighted by atomic mass is 10.0. The van der Waals surface area contributed by atoms with Gasteiger partial charge in [-0.05, 0) is 49.8 Å². The number of rotatable bonds is 3. The lowest BCUT2D eigenvalue weighted by molar-refractivity contribution is -0.123. The minimum atomic E-state index is 0.106. The summed E-state index contributed by atoms with van der Waals surface area (Å²) in [5, 5.41) is 3.10. The largest absolute Gasteiger partial charge is 0.349 e. The summed E-state index contributed by atoms with van der Waals surface area (Å²) in [6.45, 7) is 8.39. The zero-order chi connectivity index (χ0) is 12.6. The van der Waals surface area contributed by atoms with Crippen LogP contribution in [0.4, 0.5) is 0 Å². The average molecular weight is 231 g/mol. The van der Waals surface area contributed by atoms with Crippen molar-refractivity contribution in [2.45, 2.75) is 40.2 Å². The standard InChI is InChI=1S/C15H21NO/c1-9-5-6-13(7-10(9)2)12(4)16-15(17)14-8-11(14)3/h5-7,11-12,14H,8H2,1-4H3,(H,16,17). The highest BCUT2D eigenvalue weighted by Crippen LogP contribution is 2.38. The molecular formula is C15H21NO. The van der Waals surface area contributed by atoms with Gasteiger partial charge in [-0.1, -0.05) is 25.1 Å². The molecule has 0 aliphatic heterocycles. The molecule has 0 radical (unpaired) electrons. The van der Waals surface area contributed by atoms with E-state index in [0.29, 0.717) is 5.92 Å². The fraction of sp³-hybridized carbons (Fsp3) is 0.533. The van der Waals surface area contributed by atoms with E-state index in [1.807, 2.05) is 0 Å². The molecule has 2 rings (SSSR count). The van der Waals surface area contributed by atoms with Crippen LogP contribution in [0.1, 0.15) is 43.0 Å². The third-order valence-electron chi connectivity index (χ3n) is 3.84. The predicted molar refractivity (Wildman–Crippen MR) is 69.7 cm³/mol. The molecule has 0 bridgehead atoms. The second-order valence-corrected chi connectivity index (χ2v) is 5.39. The average Bonchev–Trinajstić information content (AvgIpc) is 2.99. The summed E-state index contributed by atoms with van der Waals surface area (Å²) in [7, 11) is 0. The molecule has 1 aromatic rings. The maximum Gasteiger partial charge on any atom is 0.223 e. The van der Waals surface area contributed by atoms with Crippen molar-refractivity contribution >= 4 is 5.91 Å². The van der Waals surface area contributed by atoms with Crippen molar-refractivity contribution in [3.8, 4) is 0 Å². The number of carbonyl (C=O) groups excluding carboxylic acids is 1. The summed E-state index contributed by atoms with van der Waals surface area (Å²) in [4.78, 5) is 11.8. The second kappa shape index (κ2) is 4.52. The van der Waals surface area contributed by atoms with Gasteiger partial charge in [0.25, 0.3) is 0 Å². The Balaban J connectivity index is 2.01. The Morgan fingerprint density at radius 2 is 2.00 bits per heavy atom. The first-order chi connectivity index (χ1) is 7.99. The lowest BCUT2D eigenvalue weighted by Crippen LogP contribution is -2.28. The van der Waals surface area contributed by atoms with E-state index in [2.05, 4.69) is 51.2 Å². The van der Waals surface area contributed by atoms with Crippen LogP contribution in [-0.4, -0.2) is 5.91 Å². The van der Waals surface area contributed by atoms with E-state index in [1.165, 1.54) is 16.7 Å². The molecule has 0 heterocycles. The first kappa shape index (κ1) is 12.2. The van der Waals surface area contributed by atoms with Crippen molar-refractivity contribution in [1.82, 2.24) is 5.32 Å². The van der Waals surface area contributed by atoms with Crippen molar-refractivity contribution in [2.24, 2.45) is 11.8 Å². The number of amides is 1. The third kappa shape index (κ3) is 2.68. The summed E-state index contributed by atoms with van der Waals surface area (Å²) in [6.07, 6.45) is 1.05. The highest BCUT2D eigenvalue weighted by molar-refractivity contribution is 5.81. The Hall–Kier alpha value is -1.31. The fourth-order valence-corrected chi connectivity index (χ4v) is 2.13. The van der Waals surface area contributed by atoms with Gasteiger partial charge in [-0.2, -0.15) is 0 Å². The molecule has 2 nitrogen and oxygen atoms in total. The van der Waals surface area contributed by atoms with Crippen LogP contribution in [0.15, 0.2) is 18.2 Å². The highest BCUT2D eigenvalue weighted by Gasteiger charge is 2.39. The molecule has 2 heteroatoms. The maximum atomic E-state index is 11.8. The van der Waals surface area contributed by atoms with E-state index < -0.39 is 0 Å². The Morgan fingerprint density at radius 3 is 2.53 bits per heavy atom. The van der Waals surface area contributed by atoms with Crippen LogP contribution in [-0.2, 0) is 4.79 Å². The Labute approximate surface area is 103 Å². The SMILES string of the molecule is Cc1ccc(C(C)NC(=O)C2CC2C)cc1C. The molecule has 1 amide bonds. The number of aryl methyl sites for hydroxylation is 2. The number of nitrogens with one attached hydrogen (secondary N) is 1. The van der Waals surface area contributed by atoms with E-state index in [9.17, 15) is 4.79 Å². The summed E-state index contributed by atoms with van der Waals surface area (Å²) in [6, 6.07) is 6.49. The van der Waals surface area contributed by atoms with Gasteiger partial charge in [-0.25, -0.2) is 0 Å². The van der Waals surface area contributed by atoms with Gasteiger partial charge in [-0.15, -0.1) is 0 Å². The summed E-state index contributed by atoms with van der Waals surface area (Å²) < 4.78 is 0. The highest BCUT2D eigenvalue weighted by atomic mass is 16.2. The third-order valence-corrected chi connectivity index (χ3v) is 3.84. The quantitative estimate of drug-likeness (QED) is 0.850. The minimum absolute atomic E-state index is 0.106. The molecule has 1 N–H and O–H groups in total. The molecule has 17 heavy (non-hydrogen) atoms. The van der Waals surface area contributed by atoms with Gasteiger partial charge in [0.1, 0.15) is 0 Å². The van der Waals surface area contributed by atoms with Gasteiger partial charge >= 0.3 is 0 Å². The number of hydrogen-bond donors (Lipinski definition) is 1. The minimum Gasteiger partial charge on any atom is -0.349 e. The van der Waals surface area contributed by atoms with E-state index >= 15 is 0 Å². The first-order valence-corrected chi connectivity index (χ1v) is 6.36. The zero-order valence-corrected chi connectivity index (χ0v) is 11.1. The van der Waals surface area contributed by atoms with Gasteiger partial charge < -0.3 is 5.32 Å². The van der Waals surface area contributed by atoms with Crippen molar-refractivity contribution in [1.29, 1.82) is 0 Å². The monoisotopic (exact) mass is 231 g/mol. The van der Waals surface area contributed by atoms with E-state index in [1.54, 1.807) is 0 Å². The van der Waals surface area contributed by atoms with Crippen LogP contribution in [0.2, 0.25) is 0 Å². The normalized spacial score (nSPS) is 24.2. The Kier molecular flexibility index (Phi) is 3.23. The van der Waals surface area contributed by atoms with Crippen molar-refractivity contribution < 1.29 is 4.79 Å². The van der Waals surface area contributed by atoms with Crippen LogP contribution < -0.4 is 5.32 Å². The van der Waals surface area contributed by atoms with Gasteiger partial charge in [0, 0.05) is 5.92 Å². The number of carbonyl (C=O) groups is 1. The van der Waals surface area contributed by atoms with Crippen LogP contribution in [0.25, 0.3) is 0 Å². The van der Waals surface area contributed by atoms with Gasteiger partial charge in [0.15, 0.2) is 0 Å². The molecule has 0 spiro atoms. The smallest absolute Gasteiger partial charge is 0.223 e. The number of hydrogen-bond acceptors (Lipinski definition) is 1. The molecular weight excluding hydrogens is 210 g/mol. The van der Waals surface area contributed by atoms with Crippen molar-refractivity contribution in [2.75, 3.05) is 0 Å². The molecule has 1 aliphatic carbocycles. The zero-order valence-electron chi connectivity index (χ0n) is 11.1. The molecule has 0 saturated heterocycles. The summed E-state index contributed by atoms with van der Waals surface area (Å²) in [5.74, 6) is 1.04. The van der Waals surface area contributed by atoms with Gasteiger partial charge in [-0.3, -0.25) is 4.79 Å². The summed E-state index contributed by atoms with van der Waals surface area (Å²) >= 11 is 0. The van der Waals surface area contributed by atoms with Crippen LogP contribution in [0.5, 0.6) is 0 Å². The summed E-state index contributed by atoms with van der Waals surface area (Å²) in [5.41, 5.74) is 3.77. The predicted octanol–water partition coefficient (Wildman–Crippen LogP) is 3.14. The topological polar surface area (TPSA) is 29.1 Å². The molecule has 92 valence electrons. The van der Waals surface area contributed by atoms with E-state index in [-0.39, 0.29) is 17.9 Å². The molecule has 1 saturated carbocycles. The second-order valence-electron chi connectivity index (χ2n) is 5.39. The lowest BCUT2D eigenvalue weighted by Gasteiger charge is -2.15. The molecule has 0 aromatic heterocycles. The molecule has 1 aromatic carbocycles. The van der Waals surface area contributed by atoms with Gasteiger partial charge in [0.2, 0.25) is 5.91 Å². The molecule has 3 atom stereocenters. The molecule has 3 unspecified atom stereocenters. The Bertz CT molecular complexity index is 439. The van der Waals surface area contributed by atoms with Gasteiger partial charge in [0.05, 0.1) is 6.04 Å². The first-order valence-electron chi connectivity index (χ1n) is 6.36. The van der Waals surface area contributed by atoms with E-state index in [4.69, 9.17) is 0 Å². The molecule has 1 aliphatic rings. The Morgan fingerprint density at radius 1 is 1.35 bits per heavy atom. The van der Waals surface area contributed by atoms with Crippen LogP contribution in [0, 0.1) is 25.7 Å². The maximum absolute atomic E-state index is 11.8. The number of benzene rings is 1. The molecule has 1 fully saturated rings. The van der Waals surface area contributed by atoms with Crippen LogP contribution in [0.3, 0.4) is 0 Å². The van der Waals surface area contributed by atoms with Crippen LogP contribution >= 0.6 is 0 Å². The fourth-order valence-electron chi connectivity index (χ4n) is 2.13. The van der Waals surface area contributed by atoms with E-state index in [0.717, 1.165) is 6.42 Å². The van der Waals surface area contributed by atoms with Crippen molar-refractivity contribution in [3.63, 3.8) is 0 Å². The van der Waals surface area contributed by atoms with Crippen molar-refractivity contribution in [3.05, 3.63) is 34.9 Å².